The van der Waals surface area contributed by atoms with E-state index in [1.807, 2.05) is 12.1 Å². The molecule has 0 aliphatic heterocycles. The lowest BCUT2D eigenvalue weighted by Crippen LogP contribution is -2.13. The first-order valence-electron chi connectivity index (χ1n) is 5.62. The number of rotatable bonds is 3. The van der Waals surface area contributed by atoms with Crippen LogP contribution in [-0.2, 0) is 6.42 Å². The Kier molecular flexibility index (Phi) is 4.99. The average molecular weight is 335 g/mol. The van der Waals surface area contributed by atoms with Gasteiger partial charge in [-0.3, -0.25) is 0 Å². The number of benzene rings is 2. The SMILES string of the molecule is NC(Cc1ccc(Cl)cc1Cl)c1ccc(Cl)c(Cl)c1. The molecule has 0 aliphatic rings. The number of nitrogens with two attached hydrogens (primary N) is 1. The maximum absolute atomic E-state index is 6.16. The van der Waals surface area contributed by atoms with Crippen molar-refractivity contribution in [3.05, 3.63) is 67.6 Å². The van der Waals surface area contributed by atoms with Crippen molar-refractivity contribution in [2.75, 3.05) is 0 Å². The Hall–Kier alpha value is -0.440. The van der Waals surface area contributed by atoms with E-state index >= 15 is 0 Å². The molecule has 0 aromatic heterocycles. The van der Waals surface area contributed by atoms with Crippen LogP contribution in [-0.4, -0.2) is 0 Å². The zero-order valence-electron chi connectivity index (χ0n) is 9.84. The van der Waals surface area contributed by atoms with E-state index in [9.17, 15) is 0 Å². The van der Waals surface area contributed by atoms with Gasteiger partial charge in [-0.15, -0.1) is 0 Å². The van der Waals surface area contributed by atoms with Crippen LogP contribution in [0.5, 0.6) is 0 Å². The van der Waals surface area contributed by atoms with E-state index in [-0.39, 0.29) is 6.04 Å². The van der Waals surface area contributed by atoms with Crippen molar-refractivity contribution in [3.8, 4) is 0 Å². The molecule has 2 rings (SSSR count). The molecule has 0 bridgehead atoms. The highest BCUT2D eigenvalue weighted by atomic mass is 35.5. The van der Waals surface area contributed by atoms with Crippen LogP contribution in [0.15, 0.2) is 36.4 Å². The number of halogens is 4. The van der Waals surface area contributed by atoms with Gasteiger partial charge < -0.3 is 5.73 Å². The van der Waals surface area contributed by atoms with Crippen LogP contribution in [0.2, 0.25) is 20.1 Å². The van der Waals surface area contributed by atoms with E-state index in [1.165, 1.54) is 0 Å². The van der Waals surface area contributed by atoms with Gasteiger partial charge in [0.05, 0.1) is 10.0 Å². The summed E-state index contributed by atoms with van der Waals surface area (Å²) in [6, 6.07) is 10.6. The molecule has 0 heterocycles. The first kappa shape index (κ1) is 15.0. The first-order valence-corrected chi connectivity index (χ1v) is 7.13. The van der Waals surface area contributed by atoms with Crippen LogP contribution >= 0.6 is 46.4 Å². The van der Waals surface area contributed by atoms with Crippen molar-refractivity contribution in [3.63, 3.8) is 0 Å². The quantitative estimate of drug-likeness (QED) is 0.783. The van der Waals surface area contributed by atoms with Crippen molar-refractivity contribution in [1.29, 1.82) is 0 Å². The molecule has 19 heavy (non-hydrogen) atoms. The smallest absolute Gasteiger partial charge is 0.0595 e. The molecule has 1 unspecified atom stereocenters. The van der Waals surface area contributed by atoms with E-state index in [1.54, 1.807) is 24.3 Å². The van der Waals surface area contributed by atoms with E-state index in [4.69, 9.17) is 52.1 Å². The molecule has 0 saturated heterocycles. The molecular weight excluding hydrogens is 324 g/mol. The van der Waals surface area contributed by atoms with Crippen LogP contribution in [0.3, 0.4) is 0 Å². The Morgan fingerprint density at radius 1 is 0.842 bits per heavy atom. The Morgan fingerprint density at radius 3 is 2.21 bits per heavy atom. The highest BCUT2D eigenvalue weighted by molar-refractivity contribution is 6.42. The zero-order valence-corrected chi connectivity index (χ0v) is 12.9. The summed E-state index contributed by atoms with van der Waals surface area (Å²) >= 11 is 23.9. The fraction of sp³-hybridized carbons (Fsp3) is 0.143. The molecule has 0 fully saturated rings. The Bertz CT molecular complexity index is 598. The first-order chi connectivity index (χ1) is 8.97. The lowest BCUT2D eigenvalue weighted by molar-refractivity contribution is 0.722. The van der Waals surface area contributed by atoms with Crippen LogP contribution < -0.4 is 5.73 Å². The third kappa shape index (κ3) is 3.77. The Morgan fingerprint density at radius 2 is 1.58 bits per heavy atom. The van der Waals surface area contributed by atoms with Gasteiger partial charge in [-0.1, -0.05) is 58.5 Å². The molecule has 0 saturated carbocycles. The molecule has 2 aromatic carbocycles. The normalized spacial score (nSPS) is 12.5. The van der Waals surface area contributed by atoms with Gasteiger partial charge in [0.2, 0.25) is 0 Å². The molecule has 0 aliphatic carbocycles. The second-order valence-electron chi connectivity index (χ2n) is 4.22. The summed E-state index contributed by atoms with van der Waals surface area (Å²) in [5, 5.41) is 2.24. The number of hydrogen-bond donors (Lipinski definition) is 1. The fourth-order valence-electron chi connectivity index (χ4n) is 1.79. The Balaban J connectivity index is 2.20. The summed E-state index contributed by atoms with van der Waals surface area (Å²) in [5.41, 5.74) is 8.03. The highest BCUT2D eigenvalue weighted by Gasteiger charge is 2.11. The van der Waals surface area contributed by atoms with Crippen molar-refractivity contribution < 1.29 is 0 Å². The predicted octanol–water partition coefficient (Wildman–Crippen LogP) is 5.54. The molecule has 5 heteroatoms. The Labute approximate surface area is 132 Å². The van der Waals surface area contributed by atoms with Crippen molar-refractivity contribution in [1.82, 2.24) is 0 Å². The molecule has 2 N–H and O–H groups in total. The molecular formula is C14H11Cl4N. The molecule has 0 spiro atoms. The summed E-state index contributed by atoms with van der Waals surface area (Å²) < 4.78 is 0. The van der Waals surface area contributed by atoms with Gasteiger partial charge in [-0.05, 0) is 41.8 Å². The lowest BCUT2D eigenvalue weighted by Gasteiger charge is -2.14. The van der Waals surface area contributed by atoms with Gasteiger partial charge in [-0.2, -0.15) is 0 Å². The van der Waals surface area contributed by atoms with Crippen LogP contribution in [0.25, 0.3) is 0 Å². The van der Waals surface area contributed by atoms with Gasteiger partial charge in [0, 0.05) is 16.1 Å². The summed E-state index contributed by atoms with van der Waals surface area (Å²) in [6.45, 7) is 0. The monoisotopic (exact) mass is 333 g/mol. The maximum Gasteiger partial charge on any atom is 0.0595 e. The average Bonchev–Trinajstić information content (AvgIpc) is 2.36. The largest absolute Gasteiger partial charge is 0.324 e. The number of hydrogen-bond acceptors (Lipinski definition) is 1. The fourth-order valence-corrected chi connectivity index (χ4v) is 2.58. The summed E-state index contributed by atoms with van der Waals surface area (Å²) in [6.07, 6.45) is 0.605. The van der Waals surface area contributed by atoms with E-state index < -0.39 is 0 Å². The minimum atomic E-state index is -0.201. The summed E-state index contributed by atoms with van der Waals surface area (Å²) in [5.74, 6) is 0. The van der Waals surface area contributed by atoms with Crippen LogP contribution in [0, 0.1) is 0 Å². The van der Waals surface area contributed by atoms with E-state index in [0.717, 1.165) is 11.1 Å². The van der Waals surface area contributed by atoms with Crippen molar-refractivity contribution in [2.45, 2.75) is 12.5 Å². The maximum atomic E-state index is 6.16. The van der Waals surface area contributed by atoms with Crippen LogP contribution in [0.4, 0.5) is 0 Å². The summed E-state index contributed by atoms with van der Waals surface area (Å²) in [7, 11) is 0. The molecule has 100 valence electrons. The minimum Gasteiger partial charge on any atom is -0.324 e. The summed E-state index contributed by atoms with van der Waals surface area (Å²) in [4.78, 5) is 0. The molecule has 0 radical (unpaired) electrons. The second kappa shape index (κ2) is 6.34. The van der Waals surface area contributed by atoms with E-state index in [2.05, 4.69) is 0 Å². The van der Waals surface area contributed by atoms with Crippen molar-refractivity contribution in [2.24, 2.45) is 5.73 Å². The standard InChI is InChI=1S/C14H11Cl4N/c15-10-3-1-8(12(17)7-10)6-14(19)9-2-4-11(16)13(18)5-9/h1-5,7,14H,6,19H2. The lowest BCUT2D eigenvalue weighted by atomic mass is 10.00. The highest BCUT2D eigenvalue weighted by Crippen LogP contribution is 2.28. The van der Waals surface area contributed by atoms with Gasteiger partial charge in [-0.25, -0.2) is 0 Å². The molecule has 2 aromatic rings. The van der Waals surface area contributed by atoms with Gasteiger partial charge in [0.1, 0.15) is 0 Å². The third-order valence-electron chi connectivity index (χ3n) is 2.83. The van der Waals surface area contributed by atoms with Gasteiger partial charge in [0.25, 0.3) is 0 Å². The van der Waals surface area contributed by atoms with Crippen LogP contribution in [0.1, 0.15) is 17.2 Å². The topological polar surface area (TPSA) is 26.0 Å². The minimum absolute atomic E-state index is 0.201. The third-order valence-corrected chi connectivity index (χ3v) is 4.15. The zero-order chi connectivity index (χ0) is 14.0. The predicted molar refractivity (Wildman–Crippen MR) is 83.6 cm³/mol. The van der Waals surface area contributed by atoms with Gasteiger partial charge in [0.15, 0.2) is 0 Å². The second-order valence-corrected chi connectivity index (χ2v) is 5.88. The van der Waals surface area contributed by atoms with E-state index in [0.29, 0.717) is 26.5 Å². The molecule has 1 atom stereocenters. The molecule has 0 amide bonds. The van der Waals surface area contributed by atoms with Crippen molar-refractivity contribution >= 4 is 46.4 Å². The molecule has 1 nitrogen and oxygen atoms in total. The van der Waals surface area contributed by atoms with Gasteiger partial charge >= 0.3 is 0 Å².